The van der Waals surface area contributed by atoms with Crippen LogP contribution in [0.4, 0.5) is 23.0 Å². The zero-order chi connectivity index (χ0) is 24.5. The number of aromatic nitrogens is 3. The number of ether oxygens (including phenoxy) is 1. The van der Waals surface area contributed by atoms with Crippen LogP contribution in [-0.4, -0.2) is 38.9 Å². The number of amides is 1. The molecule has 0 saturated heterocycles. The molecule has 2 aromatic heterocycles. The molecule has 10 heteroatoms. The van der Waals surface area contributed by atoms with Gasteiger partial charge in [-0.2, -0.15) is 0 Å². The molecule has 0 unspecified atom stereocenters. The number of aliphatic imine (C=N–C) groups is 1. The lowest BCUT2D eigenvalue weighted by atomic mass is 10.2. The van der Waals surface area contributed by atoms with E-state index in [9.17, 15) is 4.79 Å². The highest BCUT2D eigenvalue weighted by atomic mass is 16.5. The van der Waals surface area contributed by atoms with Gasteiger partial charge in [-0.1, -0.05) is 5.92 Å². The predicted octanol–water partition coefficient (Wildman–Crippen LogP) is 3.50. The van der Waals surface area contributed by atoms with Crippen LogP contribution in [0.25, 0.3) is 10.9 Å². The van der Waals surface area contributed by atoms with Crippen molar-refractivity contribution in [2.75, 3.05) is 17.2 Å². The highest BCUT2D eigenvalue weighted by molar-refractivity contribution is 6.05. The van der Waals surface area contributed by atoms with Crippen LogP contribution in [0, 0.1) is 11.8 Å². The van der Waals surface area contributed by atoms with Gasteiger partial charge in [0, 0.05) is 35.4 Å². The second-order valence-electron chi connectivity index (χ2n) is 7.06. The molecule has 0 aliphatic carbocycles. The van der Waals surface area contributed by atoms with Gasteiger partial charge in [-0.3, -0.25) is 4.79 Å². The fraction of sp³-hybridized carbons (Fsp3) is 0.0800. The minimum atomic E-state index is -0.462. The summed E-state index contributed by atoms with van der Waals surface area (Å²) in [6.07, 6.45) is 4.47. The Morgan fingerprint density at radius 1 is 1.06 bits per heavy atom. The fourth-order valence-electron chi connectivity index (χ4n) is 3.08. The molecule has 2 heterocycles. The minimum Gasteiger partial charge on any atom is -0.457 e. The summed E-state index contributed by atoms with van der Waals surface area (Å²) in [4.78, 5) is 28.6. The van der Waals surface area contributed by atoms with Crippen molar-refractivity contribution in [2.24, 2.45) is 10.7 Å². The molecule has 0 atom stereocenters. The standard InChI is InChI=1S/C25H21N7O3/c26-15-28-23-14-20(10-11-27-23)35-19-7-4-17(5-8-19)32-25-21-13-18(6-9-22(21)29-16-30-25)31-24(34)3-1-2-12-33/h4-11,13-16,33H,2,12H2,(H,31,34)(H2,26,27,28)(H,29,30,32). The molecular weight excluding hydrogens is 446 g/mol. The minimum absolute atomic E-state index is 0.0930. The summed E-state index contributed by atoms with van der Waals surface area (Å²) in [5, 5.41) is 15.5. The highest BCUT2D eigenvalue weighted by Gasteiger charge is 2.08. The molecule has 174 valence electrons. The van der Waals surface area contributed by atoms with Gasteiger partial charge in [0.1, 0.15) is 23.6 Å². The summed E-state index contributed by atoms with van der Waals surface area (Å²) in [5.74, 6) is 6.80. The number of carbonyl (C=O) groups excluding carboxylic acids is 1. The molecule has 2 aromatic carbocycles. The molecule has 0 spiro atoms. The number of fused-ring (bicyclic) bond motifs is 1. The average molecular weight is 467 g/mol. The Morgan fingerprint density at radius 2 is 1.89 bits per heavy atom. The molecule has 0 radical (unpaired) electrons. The van der Waals surface area contributed by atoms with Crippen LogP contribution in [0.3, 0.4) is 0 Å². The van der Waals surface area contributed by atoms with E-state index in [1.54, 1.807) is 36.5 Å². The Hall–Kier alpha value is -5.01. The molecule has 5 N–H and O–H groups in total. The van der Waals surface area contributed by atoms with Crippen LogP contribution in [-0.2, 0) is 4.79 Å². The lowest BCUT2D eigenvalue weighted by Crippen LogP contribution is -2.08. The summed E-state index contributed by atoms with van der Waals surface area (Å²) >= 11 is 0. The zero-order valence-electron chi connectivity index (χ0n) is 18.5. The van der Waals surface area contributed by atoms with E-state index >= 15 is 0 Å². The fourth-order valence-corrected chi connectivity index (χ4v) is 3.08. The van der Waals surface area contributed by atoms with E-state index in [1.165, 1.54) is 12.7 Å². The van der Waals surface area contributed by atoms with Gasteiger partial charge in [-0.25, -0.2) is 19.9 Å². The lowest BCUT2D eigenvalue weighted by molar-refractivity contribution is -0.111. The van der Waals surface area contributed by atoms with Crippen molar-refractivity contribution in [3.8, 4) is 23.3 Å². The number of nitrogens with two attached hydrogens (primary N) is 1. The van der Waals surface area contributed by atoms with Crippen molar-refractivity contribution in [3.63, 3.8) is 0 Å². The Labute approximate surface area is 200 Å². The lowest BCUT2D eigenvalue weighted by Gasteiger charge is -2.11. The van der Waals surface area contributed by atoms with Gasteiger partial charge in [0.2, 0.25) is 0 Å². The average Bonchev–Trinajstić information content (AvgIpc) is 2.86. The maximum Gasteiger partial charge on any atom is 0.300 e. The van der Waals surface area contributed by atoms with Crippen LogP contribution >= 0.6 is 0 Å². The SMILES string of the molecule is NC=Nc1cc(Oc2ccc(Nc3ncnc4ccc(NC(=O)C#CCCO)cc34)cc2)ccn1. The number of hydrogen-bond donors (Lipinski definition) is 4. The number of rotatable bonds is 7. The first kappa shape index (κ1) is 23.2. The van der Waals surface area contributed by atoms with E-state index in [1.807, 2.05) is 24.3 Å². The summed E-state index contributed by atoms with van der Waals surface area (Å²) in [5.41, 5.74) is 7.35. The van der Waals surface area contributed by atoms with Gasteiger partial charge < -0.3 is 26.2 Å². The Kier molecular flexibility index (Phi) is 7.42. The van der Waals surface area contributed by atoms with Crippen LogP contribution < -0.4 is 21.1 Å². The monoisotopic (exact) mass is 467 g/mol. The third-order valence-corrected chi connectivity index (χ3v) is 4.61. The molecule has 1 amide bonds. The third kappa shape index (κ3) is 6.28. The smallest absolute Gasteiger partial charge is 0.300 e. The number of benzene rings is 2. The molecule has 0 saturated carbocycles. The van der Waals surface area contributed by atoms with E-state index in [-0.39, 0.29) is 13.0 Å². The molecule has 4 rings (SSSR count). The first-order valence-corrected chi connectivity index (χ1v) is 10.6. The summed E-state index contributed by atoms with van der Waals surface area (Å²) in [6, 6.07) is 16.0. The second kappa shape index (κ2) is 11.2. The number of nitrogens with zero attached hydrogens (tertiary/aromatic N) is 4. The highest BCUT2D eigenvalue weighted by Crippen LogP contribution is 2.28. The summed E-state index contributed by atoms with van der Waals surface area (Å²) in [7, 11) is 0. The zero-order valence-corrected chi connectivity index (χ0v) is 18.5. The van der Waals surface area contributed by atoms with Crippen molar-refractivity contribution < 1.29 is 14.6 Å². The summed E-state index contributed by atoms with van der Waals surface area (Å²) < 4.78 is 5.86. The number of carbonyl (C=O) groups is 1. The van der Waals surface area contributed by atoms with E-state index < -0.39 is 5.91 Å². The normalized spacial score (nSPS) is 10.5. The Bertz CT molecular complexity index is 1430. The first-order valence-electron chi connectivity index (χ1n) is 10.6. The predicted molar refractivity (Wildman–Crippen MR) is 134 cm³/mol. The van der Waals surface area contributed by atoms with E-state index in [4.69, 9.17) is 15.6 Å². The topological polar surface area (TPSA) is 148 Å². The maximum absolute atomic E-state index is 12.0. The van der Waals surface area contributed by atoms with E-state index in [0.717, 1.165) is 11.1 Å². The molecule has 0 bridgehead atoms. The van der Waals surface area contributed by atoms with Gasteiger partial charge >= 0.3 is 0 Å². The Morgan fingerprint density at radius 3 is 2.69 bits per heavy atom. The van der Waals surface area contributed by atoms with Crippen molar-refractivity contribution in [2.45, 2.75) is 6.42 Å². The van der Waals surface area contributed by atoms with Crippen molar-refractivity contribution >= 4 is 46.2 Å². The number of anilines is 3. The number of aliphatic hydroxyl groups is 1. The van der Waals surface area contributed by atoms with Gasteiger partial charge in [-0.15, -0.1) is 0 Å². The van der Waals surface area contributed by atoms with Crippen molar-refractivity contribution in [1.82, 2.24) is 15.0 Å². The molecule has 0 fully saturated rings. The molecule has 0 aliphatic rings. The quantitative estimate of drug-likeness (QED) is 0.183. The van der Waals surface area contributed by atoms with E-state index in [2.05, 4.69) is 42.4 Å². The number of hydrogen-bond acceptors (Lipinski definition) is 8. The number of aliphatic hydroxyl groups excluding tert-OH is 1. The van der Waals surface area contributed by atoms with Gasteiger partial charge in [0.15, 0.2) is 5.82 Å². The molecular formula is C25H21N7O3. The van der Waals surface area contributed by atoms with Gasteiger partial charge in [0.25, 0.3) is 5.91 Å². The number of pyridine rings is 1. The second-order valence-corrected chi connectivity index (χ2v) is 7.06. The van der Waals surface area contributed by atoms with Crippen molar-refractivity contribution in [1.29, 1.82) is 0 Å². The molecule has 35 heavy (non-hydrogen) atoms. The van der Waals surface area contributed by atoms with Gasteiger partial charge in [0.05, 0.1) is 18.5 Å². The van der Waals surface area contributed by atoms with Crippen molar-refractivity contribution in [3.05, 3.63) is 67.1 Å². The molecule has 4 aromatic rings. The van der Waals surface area contributed by atoms with Gasteiger partial charge in [-0.05, 0) is 54.5 Å². The molecule has 0 aliphatic heterocycles. The molecule has 10 nitrogen and oxygen atoms in total. The van der Waals surface area contributed by atoms with Crippen LogP contribution in [0.1, 0.15) is 6.42 Å². The third-order valence-electron chi connectivity index (χ3n) is 4.61. The number of nitrogens with one attached hydrogen (secondary N) is 2. The van der Waals surface area contributed by atoms with Crippen LogP contribution in [0.5, 0.6) is 11.5 Å². The largest absolute Gasteiger partial charge is 0.457 e. The first-order chi connectivity index (χ1) is 17.1. The van der Waals surface area contributed by atoms with Crippen LogP contribution in [0.2, 0.25) is 0 Å². The Balaban J connectivity index is 1.49. The summed E-state index contributed by atoms with van der Waals surface area (Å²) in [6.45, 7) is -0.0930. The maximum atomic E-state index is 12.0. The van der Waals surface area contributed by atoms with Crippen LogP contribution in [0.15, 0.2) is 72.1 Å². The van der Waals surface area contributed by atoms with E-state index in [0.29, 0.717) is 34.3 Å².